The molecule has 0 aliphatic heterocycles. The molecule has 0 radical (unpaired) electrons. The average Bonchev–Trinajstić information content (AvgIpc) is 3.48. The Balaban J connectivity index is 0.000000144. The van der Waals surface area contributed by atoms with Gasteiger partial charge in [-0.3, -0.25) is 0 Å². The largest absolute Gasteiger partial charge is 0.440 e. The summed E-state index contributed by atoms with van der Waals surface area (Å²) < 4.78 is 11.2. The van der Waals surface area contributed by atoms with Crippen molar-refractivity contribution in [2.24, 2.45) is 0 Å². The van der Waals surface area contributed by atoms with E-state index in [2.05, 4.69) is 51.5 Å². The highest BCUT2D eigenvalue weighted by Crippen LogP contribution is 2.26. The van der Waals surface area contributed by atoms with Crippen LogP contribution in [0.25, 0.3) is 22.2 Å². The first-order valence-electron chi connectivity index (χ1n) is 10.3. The van der Waals surface area contributed by atoms with Crippen molar-refractivity contribution in [1.29, 1.82) is 0 Å². The molecule has 5 aromatic rings. The maximum absolute atomic E-state index is 5.62. The van der Waals surface area contributed by atoms with Crippen LogP contribution in [0.2, 0.25) is 0 Å². The van der Waals surface area contributed by atoms with Gasteiger partial charge in [0.2, 0.25) is 11.8 Å². The number of aromatic nitrogens is 2. The van der Waals surface area contributed by atoms with E-state index in [9.17, 15) is 0 Å². The van der Waals surface area contributed by atoms with Gasteiger partial charge in [-0.1, -0.05) is 77.9 Å². The van der Waals surface area contributed by atoms with Gasteiger partial charge < -0.3 is 8.83 Å². The highest BCUT2D eigenvalue weighted by atomic mass is 32.1. The third-order valence-corrected chi connectivity index (χ3v) is 4.92. The summed E-state index contributed by atoms with van der Waals surface area (Å²) in [6.45, 7) is 12.6. The van der Waals surface area contributed by atoms with Crippen molar-refractivity contribution >= 4 is 33.5 Å². The third kappa shape index (κ3) is 6.28. The van der Waals surface area contributed by atoms with Crippen molar-refractivity contribution in [3.05, 3.63) is 83.2 Å². The van der Waals surface area contributed by atoms with Crippen LogP contribution in [0.5, 0.6) is 0 Å². The standard InChI is InChI=1S/2C11H13NO.C4H4S/c2*1-11(2,3)10-12-8-6-4-5-7-9(8)13-10;1-2-4-5-3-1/h2*4-7H,1-3H3;1-4H. The van der Waals surface area contributed by atoms with E-state index in [1.807, 2.05) is 71.4 Å². The second kappa shape index (κ2) is 9.48. The van der Waals surface area contributed by atoms with Crippen LogP contribution in [-0.2, 0) is 10.8 Å². The Kier molecular flexibility index (Phi) is 6.96. The summed E-state index contributed by atoms with van der Waals surface area (Å²) in [7, 11) is 0. The molecular weight excluding hydrogens is 404 g/mol. The molecule has 0 saturated heterocycles. The highest BCUT2D eigenvalue weighted by Gasteiger charge is 2.21. The minimum atomic E-state index is -0.0149. The van der Waals surface area contributed by atoms with E-state index in [4.69, 9.17) is 8.83 Å². The topological polar surface area (TPSA) is 52.1 Å². The first-order chi connectivity index (χ1) is 14.6. The summed E-state index contributed by atoms with van der Waals surface area (Å²) >= 11 is 1.71. The van der Waals surface area contributed by atoms with E-state index >= 15 is 0 Å². The third-order valence-electron chi connectivity index (χ3n) is 4.30. The summed E-state index contributed by atoms with van der Waals surface area (Å²) in [5.74, 6) is 1.60. The Morgan fingerprint density at radius 2 is 0.968 bits per heavy atom. The normalized spacial score (nSPS) is 11.5. The Hall–Kier alpha value is -2.92. The second-order valence-electron chi connectivity index (χ2n) is 9.27. The summed E-state index contributed by atoms with van der Waals surface area (Å²) in [6, 6.07) is 19.7. The Morgan fingerprint density at radius 3 is 1.26 bits per heavy atom. The molecule has 0 unspecified atom stereocenters. The van der Waals surface area contributed by atoms with Crippen molar-refractivity contribution in [2.45, 2.75) is 52.4 Å². The molecule has 3 aromatic heterocycles. The monoisotopic (exact) mass is 434 g/mol. The van der Waals surface area contributed by atoms with E-state index in [-0.39, 0.29) is 10.8 Å². The SMILES string of the molecule is CC(C)(C)c1nc2ccccc2o1.CC(C)(C)c1nc2ccccc2o1.c1ccsc1. The van der Waals surface area contributed by atoms with Crippen LogP contribution in [0, 0.1) is 0 Å². The molecule has 0 aliphatic carbocycles. The van der Waals surface area contributed by atoms with E-state index < -0.39 is 0 Å². The minimum absolute atomic E-state index is 0.0149. The number of hydrogen-bond donors (Lipinski definition) is 0. The molecular formula is C26H30N2O2S. The van der Waals surface area contributed by atoms with Gasteiger partial charge >= 0.3 is 0 Å². The average molecular weight is 435 g/mol. The Bertz CT molecular complexity index is 1040. The van der Waals surface area contributed by atoms with E-state index in [0.717, 1.165) is 34.0 Å². The van der Waals surface area contributed by atoms with Gasteiger partial charge in [-0.15, -0.1) is 0 Å². The fourth-order valence-corrected chi connectivity index (χ4v) is 3.07. The van der Waals surface area contributed by atoms with Gasteiger partial charge in [0.15, 0.2) is 11.2 Å². The van der Waals surface area contributed by atoms with Crippen LogP contribution < -0.4 is 0 Å². The van der Waals surface area contributed by atoms with Crippen molar-refractivity contribution in [1.82, 2.24) is 9.97 Å². The highest BCUT2D eigenvalue weighted by molar-refractivity contribution is 7.07. The lowest BCUT2D eigenvalue weighted by Crippen LogP contribution is -2.10. The molecule has 0 N–H and O–H groups in total. The Labute approximate surface area is 188 Å². The number of rotatable bonds is 0. The number of oxazole rings is 2. The molecule has 2 aromatic carbocycles. The first-order valence-corrected chi connectivity index (χ1v) is 11.3. The van der Waals surface area contributed by atoms with Crippen molar-refractivity contribution < 1.29 is 8.83 Å². The van der Waals surface area contributed by atoms with Gasteiger partial charge in [-0.25, -0.2) is 9.97 Å². The predicted octanol–water partition coefficient (Wildman–Crippen LogP) is 8.00. The quantitative estimate of drug-likeness (QED) is 0.248. The van der Waals surface area contributed by atoms with E-state index in [0.29, 0.717) is 0 Å². The zero-order valence-electron chi connectivity index (χ0n) is 19.0. The number of thiophene rings is 1. The van der Waals surface area contributed by atoms with Gasteiger partial charge in [0.05, 0.1) is 0 Å². The zero-order valence-corrected chi connectivity index (χ0v) is 19.9. The summed E-state index contributed by atoms with van der Waals surface area (Å²) in [4.78, 5) is 8.83. The number of fused-ring (bicyclic) bond motifs is 2. The molecule has 0 aliphatic rings. The second-order valence-corrected chi connectivity index (χ2v) is 10.1. The fourth-order valence-electron chi connectivity index (χ4n) is 2.61. The summed E-state index contributed by atoms with van der Waals surface area (Å²) in [5, 5.41) is 4.08. The molecule has 0 fully saturated rings. The molecule has 31 heavy (non-hydrogen) atoms. The molecule has 0 amide bonds. The van der Waals surface area contributed by atoms with Gasteiger partial charge in [-0.2, -0.15) is 11.3 Å². The van der Waals surface area contributed by atoms with Crippen LogP contribution in [0.4, 0.5) is 0 Å². The lowest BCUT2D eigenvalue weighted by Gasteiger charge is -2.11. The minimum Gasteiger partial charge on any atom is -0.440 e. The molecule has 0 spiro atoms. The van der Waals surface area contributed by atoms with Gasteiger partial charge in [0, 0.05) is 10.8 Å². The lowest BCUT2D eigenvalue weighted by atomic mass is 9.97. The predicted molar refractivity (Wildman–Crippen MR) is 130 cm³/mol. The molecule has 0 atom stereocenters. The van der Waals surface area contributed by atoms with E-state index in [1.54, 1.807) is 11.3 Å². The van der Waals surface area contributed by atoms with Gasteiger partial charge in [0.1, 0.15) is 11.0 Å². The lowest BCUT2D eigenvalue weighted by molar-refractivity contribution is 0.411. The number of para-hydroxylation sites is 4. The molecule has 5 rings (SSSR count). The van der Waals surface area contributed by atoms with Crippen LogP contribution in [0.1, 0.15) is 53.3 Å². The van der Waals surface area contributed by atoms with Gasteiger partial charge in [-0.05, 0) is 35.0 Å². The molecule has 162 valence electrons. The van der Waals surface area contributed by atoms with E-state index in [1.165, 1.54) is 0 Å². The Morgan fingerprint density at radius 1 is 0.581 bits per heavy atom. The number of nitrogens with zero attached hydrogens (tertiary/aromatic N) is 2. The maximum atomic E-state index is 5.62. The van der Waals surface area contributed by atoms with Crippen molar-refractivity contribution in [3.8, 4) is 0 Å². The fraction of sp³-hybridized carbons (Fsp3) is 0.308. The maximum Gasteiger partial charge on any atom is 0.200 e. The molecule has 4 nitrogen and oxygen atoms in total. The first kappa shape index (κ1) is 22.8. The van der Waals surface area contributed by atoms with Crippen LogP contribution >= 0.6 is 11.3 Å². The summed E-state index contributed by atoms with van der Waals surface area (Å²) in [5.41, 5.74) is 3.58. The molecule has 5 heteroatoms. The van der Waals surface area contributed by atoms with Crippen LogP contribution in [0.3, 0.4) is 0 Å². The number of benzene rings is 2. The van der Waals surface area contributed by atoms with Crippen LogP contribution in [-0.4, -0.2) is 9.97 Å². The molecule has 0 bridgehead atoms. The summed E-state index contributed by atoms with van der Waals surface area (Å²) in [6.07, 6.45) is 0. The zero-order chi connectivity index (χ0) is 22.5. The van der Waals surface area contributed by atoms with Crippen molar-refractivity contribution in [2.75, 3.05) is 0 Å². The smallest absolute Gasteiger partial charge is 0.200 e. The van der Waals surface area contributed by atoms with Crippen LogP contribution in [0.15, 0.2) is 80.3 Å². The number of hydrogen-bond acceptors (Lipinski definition) is 5. The van der Waals surface area contributed by atoms with Gasteiger partial charge in [0.25, 0.3) is 0 Å². The molecule has 3 heterocycles. The van der Waals surface area contributed by atoms with Crippen molar-refractivity contribution in [3.63, 3.8) is 0 Å². The molecule has 0 saturated carbocycles.